The first-order chi connectivity index (χ1) is 11.9. The van der Waals surface area contributed by atoms with Gasteiger partial charge in [0.25, 0.3) is 0 Å². The maximum Gasteiger partial charge on any atom is 0.407 e. The zero-order valence-electron chi connectivity index (χ0n) is 13.7. The van der Waals surface area contributed by atoms with Crippen molar-refractivity contribution in [2.24, 2.45) is 0 Å². The van der Waals surface area contributed by atoms with Gasteiger partial charge in [-0.1, -0.05) is 12.1 Å². The maximum absolute atomic E-state index is 11.3. The number of nitrogen functional groups attached to an aromatic ring is 1. The molecule has 0 aliphatic rings. The largest absolute Gasteiger partial charge is 0.508 e. The Hall–Kier alpha value is -2.93. The van der Waals surface area contributed by atoms with E-state index in [1.807, 2.05) is 12.1 Å². The van der Waals surface area contributed by atoms with Gasteiger partial charge in [-0.15, -0.1) is 0 Å². The van der Waals surface area contributed by atoms with Gasteiger partial charge < -0.3 is 30.7 Å². The highest BCUT2D eigenvalue weighted by atomic mass is 16.5. The van der Waals surface area contributed by atoms with Crippen LogP contribution in [0.5, 0.6) is 11.5 Å². The second kappa shape index (κ2) is 8.79. The van der Waals surface area contributed by atoms with Crippen molar-refractivity contribution in [2.75, 3.05) is 25.4 Å². The molecule has 5 N–H and O–H groups in total. The van der Waals surface area contributed by atoms with Crippen molar-refractivity contribution in [2.45, 2.75) is 12.5 Å². The molecule has 2 rings (SSSR count). The summed E-state index contributed by atoms with van der Waals surface area (Å²) in [4.78, 5) is 12.5. The first-order valence-electron chi connectivity index (χ1n) is 7.86. The number of carbonyl (C=O) groups is 1. The predicted octanol–water partition coefficient (Wildman–Crippen LogP) is 1.94. The summed E-state index contributed by atoms with van der Waals surface area (Å²) in [5, 5.41) is 28.5. The van der Waals surface area contributed by atoms with Crippen molar-refractivity contribution in [1.29, 1.82) is 0 Å². The Morgan fingerprint density at radius 3 is 2.36 bits per heavy atom. The number of aromatic hydroxyl groups is 1. The van der Waals surface area contributed by atoms with Crippen molar-refractivity contribution in [3.8, 4) is 11.5 Å². The van der Waals surface area contributed by atoms with Crippen LogP contribution in [-0.4, -0.2) is 52.1 Å². The highest BCUT2D eigenvalue weighted by molar-refractivity contribution is 5.65. The molecule has 0 saturated heterocycles. The Morgan fingerprint density at radius 1 is 1.12 bits per heavy atom. The minimum absolute atomic E-state index is 0.0452. The first-order valence-corrected chi connectivity index (χ1v) is 7.86. The number of phenols is 1. The highest BCUT2D eigenvalue weighted by Crippen LogP contribution is 2.16. The summed E-state index contributed by atoms with van der Waals surface area (Å²) in [6, 6.07) is 13.3. The van der Waals surface area contributed by atoms with Crippen LogP contribution < -0.4 is 10.5 Å². The smallest absolute Gasteiger partial charge is 0.407 e. The number of phenolic OH excluding ortho intramolecular Hbond substituents is 1. The van der Waals surface area contributed by atoms with Crippen LogP contribution in [0, 0.1) is 0 Å². The molecule has 0 saturated carbocycles. The summed E-state index contributed by atoms with van der Waals surface area (Å²) in [5.74, 6) is 0.605. The van der Waals surface area contributed by atoms with Gasteiger partial charge >= 0.3 is 6.09 Å². The molecule has 0 fully saturated rings. The van der Waals surface area contributed by atoms with Gasteiger partial charge in [0.2, 0.25) is 0 Å². The monoisotopic (exact) mass is 346 g/mol. The molecule has 0 unspecified atom stereocenters. The van der Waals surface area contributed by atoms with E-state index in [0.717, 1.165) is 10.5 Å². The lowest BCUT2D eigenvalue weighted by Crippen LogP contribution is -2.40. The number of hydrogen-bond acceptors (Lipinski definition) is 5. The zero-order chi connectivity index (χ0) is 18.2. The van der Waals surface area contributed by atoms with Gasteiger partial charge in [-0.2, -0.15) is 0 Å². The van der Waals surface area contributed by atoms with E-state index in [1.165, 1.54) is 12.1 Å². The van der Waals surface area contributed by atoms with Crippen LogP contribution in [0.2, 0.25) is 0 Å². The SMILES string of the molecule is Nc1ccc(CCN(C[C@H](O)COc2ccc(O)cc2)C(=O)O)cc1. The van der Waals surface area contributed by atoms with E-state index in [9.17, 15) is 20.1 Å². The molecule has 0 radical (unpaired) electrons. The van der Waals surface area contributed by atoms with Crippen LogP contribution >= 0.6 is 0 Å². The van der Waals surface area contributed by atoms with Gasteiger partial charge in [0.15, 0.2) is 0 Å². The number of hydrogen-bond donors (Lipinski definition) is 4. The molecule has 7 nitrogen and oxygen atoms in total. The molecule has 0 heterocycles. The van der Waals surface area contributed by atoms with E-state index in [0.29, 0.717) is 17.9 Å². The highest BCUT2D eigenvalue weighted by Gasteiger charge is 2.17. The Labute approximate surface area is 145 Å². The average molecular weight is 346 g/mol. The Bertz CT molecular complexity index is 673. The van der Waals surface area contributed by atoms with Crippen molar-refractivity contribution < 1.29 is 24.9 Å². The van der Waals surface area contributed by atoms with Crippen LogP contribution in [0.4, 0.5) is 10.5 Å². The van der Waals surface area contributed by atoms with Gasteiger partial charge in [0.1, 0.15) is 24.2 Å². The summed E-state index contributed by atoms with van der Waals surface area (Å²) >= 11 is 0. The summed E-state index contributed by atoms with van der Waals surface area (Å²) in [7, 11) is 0. The van der Waals surface area contributed by atoms with Crippen molar-refractivity contribution in [3.05, 3.63) is 54.1 Å². The van der Waals surface area contributed by atoms with E-state index < -0.39 is 12.2 Å². The molecule has 134 valence electrons. The molecule has 2 aromatic rings. The van der Waals surface area contributed by atoms with Crippen molar-refractivity contribution >= 4 is 11.8 Å². The Balaban J connectivity index is 1.81. The lowest BCUT2D eigenvalue weighted by atomic mass is 10.1. The summed E-state index contributed by atoms with van der Waals surface area (Å²) in [6.07, 6.45) is -1.53. The van der Waals surface area contributed by atoms with Gasteiger partial charge in [-0.25, -0.2) is 4.79 Å². The van der Waals surface area contributed by atoms with Crippen LogP contribution in [-0.2, 0) is 6.42 Å². The zero-order valence-corrected chi connectivity index (χ0v) is 13.7. The van der Waals surface area contributed by atoms with E-state index in [-0.39, 0.29) is 25.4 Å². The fourth-order valence-electron chi connectivity index (χ4n) is 2.26. The molecule has 25 heavy (non-hydrogen) atoms. The molecule has 0 aliphatic carbocycles. The number of rotatable bonds is 8. The number of carboxylic acid groups (broad SMARTS) is 1. The fraction of sp³-hybridized carbons (Fsp3) is 0.278. The van der Waals surface area contributed by atoms with Gasteiger partial charge in [0.05, 0.1) is 6.54 Å². The molecule has 7 heteroatoms. The first kappa shape index (κ1) is 18.4. The molecule has 1 amide bonds. The minimum atomic E-state index is -1.10. The number of nitrogens with zero attached hydrogens (tertiary/aromatic N) is 1. The lowest BCUT2D eigenvalue weighted by Gasteiger charge is -2.22. The summed E-state index contributed by atoms with van der Waals surface area (Å²) in [6.45, 7) is 0.161. The summed E-state index contributed by atoms with van der Waals surface area (Å²) in [5.41, 5.74) is 7.24. The number of nitrogens with two attached hydrogens (primary N) is 1. The molecule has 1 atom stereocenters. The maximum atomic E-state index is 11.3. The minimum Gasteiger partial charge on any atom is -0.508 e. The van der Waals surface area contributed by atoms with E-state index in [4.69, 9.17) is 10.5 Å². The van der Waals surface area contributed by atoms with Crippen molar-refractivity contribution in [1.82, 2.24) is 4.90 Å². The number of amides is 1. The standard InChI is InChI=1S/C18H22N2O5/c19-14-3-1-13(2-4-14)9-10-20(18(23)24)11-16(22)12-25-17-7-5-15(21)6-8-17/h1-8,16,21-22H,9-12,19H2,(H,23,24)/t16-/m0/s1. The van der Waals surface area contributed by atoms with E-state index in [2.05, 4.69) is 0 Å². The molecular weight excluding hydrogens is 324 g/mol. The number of aliphatic hydroxyl groups is 1. The van der Waals surface area contributed by atoms with Gasteiger partial charge in [-0.3, -0.25) is 0 Å². The second-order valence-corrected chi connectivity index (χ2v) is 5.68. The molecule has 0 spiro atoms. The van der Waals surface area contributed by atoms with Gasteiger partial charge in [-0.05, 0) is 48.4 Å². The Morgan fingerprint density at radius 2 is 1.76 bits per heavy atom. The number of anilines is 1. The van der Waals surface area contributed by atoms with Crippen LogP contribution in [0.1, 0.15) is 5.56 Å². The average Bonchev–Trinajstić information content (AvgIpc) is 2.59. The van der Waals surface area contributed by atoms with Crippen LogP contribution in [0.25, 0.3) is 0 Å². The molecule has 2 aromatic carbocycles. The number of aliphatic hydroxyl groups excluding tert-OH is 1. The quantitative estimate of drug-likeness (QED) is 0.543. The van der Waals surface area contributed by atoms with E-state index >= 15 is 0 Å². The third-order valence-corrected chi connectivity index (χ3v) is 3.63. The molecule has 0 bridgehead atoms. The van der Waals surface area contributed by atoms with Crippen LogP contribution in [0.15, 0.2) is 48.5 Å². The van der Waals surface area contributed by atoms with E-state index in [1.54, 1.807) is 24.3 Å². The van der Waals surface area contributed by atoms with Crippen LogP contribution in [0.3, 0.4) is 0 Å². The molecular formula is C18H22N2O5. The molecule has 0 aromatic heterocycles. The number of ether oxygens (including phenoxy) is 1. The third kappa shape index (κ3) is 6.23. The van der Waals surface area contributed by atoms with Crippen molar-refractivity contribution in [3.63, 3.8) is 0 Å². The second-order valence-electron chi connectivity index (χ2n) is 5.68. The lowest BCUT2D eigenvalue weighted by molar-refractivity contribution is 0.0655. The predicted molar refractivity (Wildman–Crippen MR) is 93.8 cm³/mol. The Kier molecular flexibility index (Phi) is 6.47. The topological polar surface area (TPSA) is 116 Å². The number of benzene rings is 2. The summed E-state index contributed by atoms with van der Waals surface area (Å²) < 4.78 is 5.38. The molecule has 0 aliphatic heterocycles. The third-order valence-electron chi connectivity index (χ3n) is 3.63. The fourth-order valence-corrected chi connectivity index (χ4v) is 2.26. The normalized spacial score (nSPS) is 11.7. The van der Waals surface area contributed by atoms with Gasteiger partial charge in [0, 0.05) is 12.2 Å².